The molecule has 0 unspecified atom stereocenters. The van der Waals surface area contributed by atoms with Gasteiger partial charge in [-0.3, -0.25) is 9.48 Å². The van der Waals surface area contributed by atoms with E-state index in [0.717, 1.165) is 29.8 Å². The zero-order valence-electron chi connectivity index (χ0n) is 11.4. The molecular formula is C15H17FN2O. The van der Waals surface area contributed by atoms with Crippen LogP contribution in [0.2, 0.25) is 0 Å². The van der Waals surface area contributed by atoms with E-state index in [1.54, 1.807) is 12.1 Å². The van der Waals surface area contributed by atoms with E-state index in [-0.39, 0.29) is 5.56 Å². The number of rotatable bonds is 4. The molecule has 0 aliphatic heterocycles. The molecule has 0 aliphatic rings. The van der Waals surface area contributed by atoms with Gasteiger partial charge in [-0.25, -0.2) is 4.39 Å². The molecule has 2 aromatic rings. The first-order valence-corrected chi connectivity index (χ1v) is 6.42. The molecule has 0 spiro atoms. The minimum atomic E-state index is -0.486. The van der Waals surface area contributed by atoms with Crippen LogP contribution in [0, 0.1) is 5.82 Å². The number of aromatic nitrogens is 2. The Balaban J connectivity index is 2.78. The lowest BCUT2D eigenvalue weighted by molar-refractivity contribution is 0.112. The minimum absolute atomic E-state index is 0.111. The Hall–Kier alpha value is -1.97. The van der Waals surface area contributed by atoms with Crippen LogP contribution in [0.5, 0.6) is 0 Å². The number of nitrogens with zero attached hydrogens (tertiary/aromatic N) is 2. The van der Waals surface area contributed by atoms with E-state index in [1.165, 1.54) is 6.07 Å². The molecule has 0 amide bonds. The Morgan fingerprint density at radius 3 is 2.63 bits per heavy atom. The Kier molecular flexibility index (Phi) is 3.79. The summed E-state index contributed by atoms with van der Waals surface area (Å²) in [5.74, 6) is -0.486. The number of aldehydes is 1. The van der Waals surface area contributed by atoms with Gasteiger partial charge < -0.3 is 0 Å². The van der Waals surface area contributed by atoms with E-state index in [0.29, 0.717) is 11.8 Å². The van der Waals surface area contributed by atoms with Crippen LogP contribution >= 0.6 is 0 Å². The zero-order valence-corrected chi connectivity index (χ0v) is 11.4. The second-order valence-electron chi connectivity index (χ2n) is 4.42. The predicted octanol–water partition coefficient (Wildman–Crippen LogP) is 3.16. The molecule has 1 aromatic carbocycles. The van der Waals surface area contributed by atoms with Gasteiger partial charge in [-0.15, -0.1) is 0 Å². The van der Waals surface area contributed by atoms with Crippen molar-refractivity contribution in [3.63, 3.8) is 0 Å². The molecule has 4 heteroatoms. The first kappa shape index (κ1) is 13.5. The maximum atomic E-state index is 13.8. The summed E-state index contributed by atoms with van der Waals surface area (Å²) in [6.07, 6.45) is 2.11. The van der Waals surface area contributed by atoms with Crippen LogP contribution in [0.1, 0.15) is 35.6 Å². The summed E-state index contributed by atoms with van der Waals surface area (Å²) in [7, 11) is 1.88. The lowest BCUT2D eigenvalue weighted by Crippen LogP contribution is -1.99. The van der Waals surface area contributed by atoms with E-state index in [1.807, 2.05) is 25.6 Å². The van der Waals surface area contributed by atoms with Gasteiger partial charge in [0, 0.05) is 18.3 Å². The molecule has 19 heavy (non-hydrogen) atoms. The Bertz CT molecular complexity index is 617. The number of hydrogen-bond acceptors (Lipinski definition) is 2. The number of aryl methyl sites for hydroxylation is 2. The number of halogens is 1. The van der Waals surface area contributed by atoms with Crippen LogP contribution in [-0.4, -0.2) is 16.1 Å². The van der Waals surface area contributed by atoms with Gasteiger partial charge in [0.1, 0.15) is 5.82 Å². The van der Waals surface area contributed by atoms with Gasteiger partial charge in [0.2, 0.25) is 0 Å². The predicted molar refractivity (Wildman–Crippen MR) is 72.7 cm³/mol. The van der Waals surface area contributed by atoms with Crippen molar-refractivity contribution in [2.24, 2.45) is 7.05 Å². The van der Waals surface area contributed by atoms with E-state index in [9.17, 15) is 9.18 Å². The lowest BCUT2D eigenvalue weighted by atomic mass is 9.96. The van der Waals surface area contributed by atoms with Crippen molar-refractivity contribution in [3.8, 4) is 11.1 Å². The van der Waals surface area contributed by atoms with Crippen molar-refractivity contribution >= 4 is 6.29 Å². The molecule has 0 radical (unpaired) electrons. The molecule has 0 saturated heterocycles. The number of benzene rings is 1. The third kappa shape index (κ3) is 2.18. The molecule has 1 aromatic heterocycles. The van der Waals surface area contributed by atoms with Crippen LogP contribution < -0.4 is 0 Å². The Morgan fingerprint density at radius 1 is 1.32 bits per heavy atom. The fraction of sp³-hybridized carbons (Fsp3) is 0.333. The Morgan fingerprint density at radius 2 is 2.05 bits per heavy atom. The van der Waals surface area contributed by atoms with Crippen LogP contribution in [0.3, 0.4) is 0 Å². The molecule has 3 nitrogen and oxygen atoms in total. The van der Waals surface area contributed by atoms with Crippen LogP contribution in [0.4, 0.5) is 4.39 Å². The summed E-state index contributed by atoms with van der Waals surface area (Å²) in [6, 6.07) is 4.71. The third-order valence-corrected chi connectivity index (χ3v) is 3.35. The standard InChI is InChI=1S/C15H17FN2O/c1-4-13-15(14(5-2)18(3)17-13)10-7-6-8-12(16)11(10)9-19/h6-9H,4-5H2,1-3H3. The summed E-state index contributed by atoms with van der Waals surface area (Å²) in [6.45, 7) is 4.03. The van der Waals surface area contributed by atoms with Gasteiger partial charge in [-0.05, 0) is 24.5 Å². The molecular weight excluding hydrogens is 243 g/mol. The van der Waals surface area contributed by atoms with E-state index < -0.39 is 5.82 Å². The fourth-order valence-corrected chi connectivity index (χ4v) is 2.46. The summed E-state index contributed by atoms with van der Waals surface area (Å²) in [4.78, 5) is 11.2. The average Bonchev–Trinajstić information content (AvgIpc) is 2.74. The quantitative estimate of drug-likeness (QED) is 0.791. The van der Waals surface area contributed by atoms with Gasteiger partial charge >= 0.3 is 0 Å². The van der Waals surface area contributed by atoms with Crippen LogP contribution in [-0.2, 0) is 19.9 Å². The van der Waals surface area contributed by atoms with Crippen molar-refractivity contribution in [1.29, 1.82) is 0 Å². The number of carbonyl (C=O) groups excluding carboxylic acids is 1. The van der Waals surface area contributed by atoms with Crippen molar-refractivity contribution in [3.05, 3.63) is 41.0 Å². The smallest absolute Gasteiger partial charge is 0.153 e. The highest BCUT2D eigenvalue weighted by Crippen LogP contribution is 2.31. The van der Waals surface area contributed by atoms with Crippen molar-refractivity contribution in [2.75, 3.05) is 0 Å². The molecule has 100 valence electrons. The molecule has 0 fully saturated rings. The number of carbonyl (C=O) groups is 1. The molecule has 0 saturated carbocycles. The van der Waals surface area contributed by atoms with E-state index in [2.05, 4.69) is 5.10 Å². The summed E-state index contributed by atoms with van der Waals surface area (Å²) < 4.78 is 15.6. The van der Waals surface area contributed by atoms with E-state index >= 15 is 0 Å². The highest BCUT2D eigenvalue weighted by molar-refractivity contribution is 5.89. The zero-order chi connectivity index (χ0) is 14.0. The van der Waals surface area contributed by atoms with Crippen LogP contribution in [0.25, 0.3) is 11.1 Å². The monoisotopic (exact) mass is 260 g/mol. The highest BCUT2D eigenvalue weighted by atomic mass is 19.1. The molecule has 0 bridgehead atoms. The maximum absolute atomic E-state index is 13.8. The van der Waals surface area contributed by atoms with Crippen molar-refractivity contribution in [2.45, 2.75) is 26.7 Å². The lowest BCUT2D eigenvalue weighted by Gasteiger charge is -2.08. The molecule has 0 N–H and O–H groups in total. The third-order valence-electron chi connectivity index (χ3n) is 3.35. The number of hydrogen-bond donors (Lipinski definition) is 0. The highest BCUT2D eigenvalue weighted by Gasteiger charge is 2.19. The summed E-state index contributed by atoms with van der Waals surface area (Å²) >= 11 is 0. The van der Waals surface area contributed by atoms with Crippen molar-refractivity contribution < 1.29 is 9.18 Å². The van der Waals surface area contributed by atoms with Gasteiger partial charge in [0.15, 0.2) is 6.29 Å². The minimum Gasteiger partial charge on any atom is -0.298 e. The first-order chi connectivity index (χ1) is 9.13. The molecule has 0 aliphatic carbocycles. The molecule has 1 heterocycles. The largest absolute Gasteiger partial charge is 0.298 e. The second-order valence-corrected chi connectivity index (χ2v) is 4.42. The summed E-state index contributed by atoms with van der Waals surface area (Å²) in [5.41, 5.74) is 3.56. The molecule has 0 atom stereocenters. The van der Waals surface area contributed by atoms with Crippen molar-refractivity contribution in [1.82, 2.24) is 9.78 Å². The molecule has 2 rings (SSSR count). The average molecular weight is 260 g/mol. The van der Waals surface area contributed by atoms with Gasteiger partial charge in [-0.2, -0.15) is 5.10 Å². The second kappa shape index (κ2) is 5.34. The SMILES string of the molecule is CCc1nn(C)c(CC)c1-c1cccc(F)c1C=O. The van der Waals surface area contributed by atoms with E-state index in [4.69, 9.17) is 0 Å². The van der Waals surface area contributed by atoms with Gasteiger partial charge in [0.25, 0.3) is 0 Å². The Labute approximate surface area is 112 Å². The van der Waals surface area contributed by atoms with Gasteiger partial charge in [0.05, 0.1) is 11.3 Å². The van der Waals surface area contributed by atoms with Gasteiger partial charge in [-0.1, -0.05) is 26.0 Å². The first-order valence-electron chi connectivity index (χ1n) is 6.42. The maximum Gasteiger partial charge on any atom is 0.153 e. The van der Waals surface area contributed by atoms with Crippen LogP contribution in [0.15, 0.2) is 18.2 Å². The fourth-order valence-electron chi connectivity index (χ4n) is 2.46. The topological polar surface area (TPSA) is 34.9 Å². The summed E-state index contributed by atoms with van der Waals surface area (Å²) in [5, 5.41) is 4.46. The normalized spacial score (nSPS) is 10.7.